The van der Waals surface area contributed by atoms with Gasteiger partial charge in [0.15, 0.2) is 0 Å². The average molecular weight is 182 g/mol. The van der Waals surface area contributed by atoms with E-state index in [0.29, 0.717) is 6.04 Å². The molecule has 1 aromatic carbocycles. The third-order valence-electron chi connectivity index (χ3n) is 2.48. The van der Waals surface area contributed by atoms with Gasteiger partial charge in [-0.3, -0.25) is 0 Å². The van der Waals surface area contributed by atoms with Gasteiger partial charge in [0.05, 0.1) is 5.38 Å². The van der Waals surface area contributed by atoms with Gasteiger partial charge in [0.1, 0.15) is 0 Å². The zero-order chi connectivity index (χ0) is 8.55. The first-order valence-corrected chi connectivity index (χ1v) is 4.65. The molecule has 0 heterocycles. The third-order valence-corrected chi connectivity index (χ3v) is 2.88. The Hall–Kier alpha value is -0.530. The fourth-order valence-corrected chi connectivity index (χ4v) is 2.31. The SMILES string of the molecule is CNC1c2ccccc2CC1Cl. The molecule has 1 aromatic rings. The lowest BCUT2D eigenvalue weighted by Crippen LogP contribution is -2.21. The highest BCUT2D eigenvalue weighted by Gasteiger charge is 2.28. The van der Waals surface area contributed by atoms with Crippen molar-refractivity contribution in [2.45, 2.75) is 17.8 Å². The van der Waals surface area contributed by atoms with Crippen molar-refractivity contribution in [3.63, 3.8) is 0 Å². The second kappa shape index (κ2) is 3.08. The van der Waals surface area contributed by atoms with E-state index >= 15 is 0 Å². The van der Waals surface area contributed by atoms with Gasteiger partial charge >= 0.3 is 0 Å². The lowest BCUT2D eigenvalue weighted by Gasteiger charge is -2.13. The Morgan fingerprint density at radius 1 is 1.42 bits per heavy atom. The molecule has 0 spiro atoms. The average Bonchev–Trinajstić information content (AvgIpc) is 2.40. The molecule has 64 valence electrons. The number of nitrogens with one attached hydrogen (secondary N) is 1. The summed E-state index contributed by atoms with van der Waals surface area (Å²) < 4.78 is 0. The summed E-state index contributed by atoms with van der Waals surface area (Å²) in [6.07, 6.45) is 0.989. The van der Waals surface area contributed by atoms with E-state index in [2.05, 4.69) is 29.6 Å². The molecule has 0 aliphatic heterocycles. The van der Waals surface area contributed by atoms with Crippen LogP contribution in [-0.2, 0) is 6.42 Å². The quantitative estimate of drug-likeness (QED) is 0.655. The molecule has 2 unspecified atom stereocenters. The summed E-state index contributed by atoms with van der Waals surface area (Å²) in [6, 6.07) is 8.78. The normalized spacial score (nSPS) is 27.2. The number of halogens is 1. The number of benzene rings is 1. The Labute approximate surface area is 77.7 Å². The summed E-state index contributed by atoms with van der Waals surface area (Å²) in [6.45, 7) is 0. The monoisotopic (exact) mass is 181 g/mol. The lowest BCUT2D eigenvalue weighted by atomic mass is 10.1. The minimum absolute atomic E-state index is 0.215. The van der Waals surface area contributed by atoms with Crippen LogP contribution in [0.1, 0.15) is 17.2 Å². The number of hydrogen-bond donors (Lipinski definition) is 1. The van der Waals surface area contributed by atoms with Gasteiger partial charge in [-0.25, -0.2) is 0 Å². The van der Waals surface area contributed by atoms with Crippen LogP contribution in [0.15, 0.2) is 24.3 Å². The Balaban J connectivity index is 2.40. The minimum atomic E-state index is 0.215. The first-order valence-electron chi connectivity index (χ1n) is 4.22. The van der Waals surface area contributed by atoms with Crippen LogP contribution >= 0.6 is 11.6 Å². The Kier molecular flexibility index (Phi) is 2.07. The molecule has 12 heavy (non-hydrogen) atoms. The number of rotatable bonds is 1. The van der Waals surface area contributed by atoms with Crippen molar-refractivity contribution in [3.8, 4) is 0 Å². The summed E-state index contributed by atoms with van der Waals surface area (Å²) in [5, 5.41) is 3.45. The standard InChI is InChI=1S/C10H12ClN/c1-12-10-8-5-3-2-4-7(8)6-9(10)11/h2-5,9-10,12H,6H2,1H3. The zero-order valence-corrected chi connectivity index (χ0v) is 7.81. The number of fused-ring (bicyclic) bond motifs is 1. The van der Waals surface area contributed by atoms with Gasteiger partial charge in [-0.2, -0.15) is 0 Å². The molecule has 1 aliphatic rings. The molecular formula is C10H12ClN. The van der Waals surface area contributed by atoms with E-state index in [0.717, 1.165) is 6.42 Å². The molecule has 0 bridgehead atoms. The van der Waals surface area contributed by atoms with E-state index in [1.165, 1.54) is 11.1 Å². The molecule has 2 heteroatoms. The fraction of sp³-hybridized carbons (Fsp3) is 0.400. The van der Waals surface area contributed by atoms with Crippen molar-refractivity contribution in [2.75, 3.05) is 7.05 Å². The van der Waals surface area contributed by atoms with Gasteiger partial charge in [0.25, 0.3) is 0 Å². The predicted octanol–water partition coefficient (Wildman–Crippen LogP) is 2.11. The van der Waals surface area contributed by atoms with E-state index in [1.807, 2.05) is 7.05 Å². The molecule has 0 saturated carbocycles. The zero-order valence-electron chi connectivity index (χ0n) is 7.05. The van der Waals surface area contributed by atoms with Crippen molar-refractivity contribution in [2.24, 2.45) is 0 Å². The fourth-order valence-electron chi connectivity index (χ4n) is 1.88. The molecule has 2 rings (SSSR count). The van der Waals surface area contributed by atoms with Crippen LogP contribution in [0.25, 0.3) is 0 Å². The van der Waals surface area contributed by atoms with Gasteiger partial charge in [-0.05, 0) is 24.6 Å². The van der Waals surface area contributed by atoms with E-state index < -0.39 is 0 Å². The van der Waals surface area contributed by atoms with E-state index in [1.54, 1.807) is 0 Å². The van der Waals surface area contributed by atoms with Crippen LogP contribution in [0, 0.1) is 0 Å². The summed E-state index contributed by atoms with van der Waals surface area (Å²) in [5.74, 6) is 0. The Morgan fingerprint density at radius 2 is 2.17 bits per heavy atom. The molecule has 1 nitrogen and oxygen atoms in total. The summed E-state index contributed by atoms with van der Waals surface area (Å²) >= 11 is 6.18. The Morgan fingerprint density at radius 3 is 2.92 bits per heavy atom. The second-order valence-corrected chi connectivity index (χ2v) is 3.75. The first-order chi connectivity index (χ1) is 5.83. The van der Waals surface area contributed by atoms with Crippen molar-refractivity contribution in [1.82, 2.24) is 5.32 Å². The van der Waals surface area contributed by atoms with Crippen LogP contribution in [0.4, 0.5) is 0 Å². The largest absolute Gasteiger partial charge is 0.312 e. The Bertz CT molecular complexity index is 285. The summed E-state index contributed by atoms with van der Waals surface area (Å²) in [5.41, 5.74) is 2.75. The smallest absolute Gasteiger partial charge is 0.0571 e. The summed E-state index contributed by atoms with van der Waals surface area (Å²) in [7, 11) is 1.96. The van der Waals surface area contributed by atoms with Crippen molar-refractivity contribution >= 4 is 11.6 Å². The molecule has 1 N–H and O–H groups in total. The molecule has 0 fully saturated rings. The minimum Gasteiger partial charge on any atom is -0.312 e. The van der Waals surface area contributed by atoms with Crippen LogP contribution < -0.4 is 5.32 Å². The topological polar surface area (TPSA) is 12.0 Å². The molecular weight excluding hydrogens is 170 g/mol. The van der Waals surface area contributed by atoms with Crippen LogP contribution in [0.3, 0.4) is 0 Å². The van der Waals surface area contributed by atoms with E-state index in [-0.39, 0.29) is 5.38 Å². The van der Waals surface area contributed by atoms with Gasteiger partial charge in [0.2, 0.25) is 0 Å². The van der Waals surface area contributed by atoms with Gasteiger partial charge < -0.3 is 5.32 Å². The highest BCUT2D eigenvalue weighted by molar-refractivity contribution is 6.21. The maximum Gasteiger partial charge on any atom is 0.0571 e. The summed E-state index contributed by atoms with van der Waals surface area (Å²) in [4.78, 5) is 0. The van der Waals surface area contributed by atoms with Crippen molar-refractivity contribution in [1.29, 1.82) is 0 Å². The molecule has 2 atom stereocenters. The van der Waals surface area contributed by atoms with Crippen molar-refractivity contribution < 1.29 is 0 Å². The van der Waals surface area contributed by atoms with E-state index in [9.17, 15) is 0 Å². The molecule has 0 saturated heterocycles. The predicted molar refractivity (Wildman–Crippen MR) is 51.6 cm³/mol. The van der Waals surface area contributed by atoms with Crippen LogP contribution in [0.2, 0.25) is 0 Å². The maximum absolute atomic E-state index is 6.18. The van der Waals surface area contributed by atoms with Crippen LogP contribution in [-0.4, -0.2) is 12.4 Å². The third kappa shape index (κ3) is 1.13. The van der Waals surface area contributed by atoms with Gasteiger partial charge in [-0.15, -0.1) is 11.6 Å². The van der Waals surface area contributed by atoms with Crippen molar-refractivity contribution in [3.05, 3.63) is 35.4 Å². The van der Waals surface area contributed by atoms with Gasteiger partial charge in [0, 0.05) is 6.04 Å². The highest BCUT2D eigenvalue weighted by atomic mass is 35.5. The molecule has 0 amide bonds. The van der Waals surface area contributed by atoms with Gasteiger partial charge in [-0.1, -0.05) is 24.3 Å². The first kappa shape index (κ1) is 8.09. The van der Waals surface area contributed by atoms with E-state index in [4.69, 9.17) is 11.6 Å². The maximum atomic E-state index is 6.18. The van der Waals surface area contributed by atoms with Crippen LogP contribution in [0.5, 0.6) is 0 Å². The number of hydrogen-bond acceptors (Lipinski definition) is 1. The lowest BCUT2D eigenvalue weighted by molar-refractivity contribution is 0.597. The molecule has 1 aliphatic carbocycles. The number of alkyl halides is 1. The highest BCUT2D eigenvalue weighted by Crippen LogP contribution is 2.33. The molecule has 0 radical (unpaired) electrons. The molecule has 0 aromatic heterocycles. The second-order valence-electron chi connectivity index (χ2n) is 3.19.